The Labute approximate surface area is 134 Å². The number of aromatic nitrogens is 1. The Hall–Kier alpha value is -0.880. The quantitative estimate of drug-likeness (QED) is 0.869. The van der Waals surface area contributed by atoms with Gasteiger partial charge in [-0.05, 0) is 37.8 Å². The van der Waals surface area contributed by atoms with E-state index in [1.807, 2.05) is 0 Å². The molecule has 0 radical (unpaired) electrons. The fourth-order valence-electron chi connectivity index (χ4n) is 2.59. The summed E-state index contributed by atoms with van der Waals surface area (Å²) in [5.74, 6) is 0.653. The van der Waals surface area contributed by atoms with Crippen molar-refractivity contribution in [1.29, 1.82) is 0 Å². The number of rotatable bonds is 5. The zero-order valence-electron chi connectivity index (χ0n) is 11.7. The standard InChI is InChI=1S/C14H19Cl2N3O2/c15-11-6-12(16)14(17-7-11)18-13(21)9-19-4-1-2-10(8-19)3-5-20/h6-7,10,20H,1-5,8-9H2,(H,17,18,21). The van der Waals surface area contributed by atoms with Gasteiger partial charge in [-0.15, -0.1) is 0 Å². The molecule has 1 atom stereocenters. The number of carbonyl (C=O) groups excluding carboxylic acids is 1. The van der Waals surface area contributed by atoms with Crippen molar-refractivity contribution in [2.45, 2.75) is 19.3 Å². The van der Waals surface area contributed by atoms with E-state index in [2.05, 4.69) is 15.2 Å². The molecule has 2 heterocycles. The van der Waals surface area contributed by atoms with E-state index in [0.29, 0.717) is 28.3 Å². The third kappa shape index (κ3) is 5.11. The molecule has 0 spiro atoms. The number of pyridine rings is 1. The van der Waals surface area contributed by atoms with Crippen LogP contribution in [0, 0.1) is 5.92 Å². The van der Waals surface area contributed by atoms with Gasteiger partial charge in [0, 0.05) is 19.3 Å². The van der Waals surface area contributed by atoms with Gasteiger partial charge in [0.25, 0.3) is 0 Å². The molecule has 1 fully saturated rings. The molecule has 1 saturated heterocycles. The highest BCUT2D eigenvalue weighted by Crippen LogP contribution is 2.23. The lowest BCUT2D eigenvalue weighted by Crippen LogP contribution is -2.40. The molecule has 1 aromatic heterocycles. The van der Waals surface area contributed by atoms with Crippen LogP contribution in [0.2, 0.25) is 10.0 Å². The van der Waals surface area contributed by atoms with E-state index in [1.54, 1.807) is 6.07 Å². The number of aliphatic hydroxyl groups excluding tert-OH is 1. The van der Waals surface area contributed by atoms with Crippen molar-refractivity contribution < 1.29 is 9.90 Å². The monoisotopic (exact) mass is 331 g/mol. The van der Waals surface area contributed by atoms with Crippen molar-refractivity contribution in [3.05, 3.63) is 22.3 Å². The van der Waals surface area contributed by atoms with Crippen molar-refractivity contribution in [2.24, 2.45) is 5.92 Å². The lowest BCUT2D eigenvalue weighted by molar-refractivity contribution is -0.117. The molecule has 0 aromatic carbocycles. The summed E-state index contributed by atoms with van der Waals surface area (Å²) in [6.45, 7) is 2.25. The van der Waals surface area contributed by atoms with Crippen LogP contribution in [-0.4, -0.2) is 47.1 Å². The van der Waals surface area contributed by atoms with Gasteiger partial charge in [-0.3, -0.25) is 9.69 Å². The van der Waals surface area contributed by atoms with Crippen molar-refractivity contribution in [2.75, 3.05) is 31.6 Å². The maximum absolute atomic E-state index is 12.0. The third-order valence-corrected chi connectivity index (χ3v) is 4.07. The average molecular weight is 332 g/mol. The minimum absolute atomic E-state index is 0.142. The van der Waals surface area contributed by atoms with Gasteiger partial charge >= 0.3 is 0 Å². The number of nitrogens with one attached hydrogen (secondary N) is 1. The fraction of sp³-hybridized carbons (Fsp3) is 0.571. The van der Waals surface area contributed by atoms with Gasteiger partial charge in [0.15, 0.2) is 5.82 Å². The number of likely N-dealkylation sites (tertiary alicyclic amines) is 1. The summed E-state index contributed by atoms with van der Waals surface area (Å²) < 4.78 is 0. The molecule has 1 aliphatic rings. The van der Waals surface area contributed by atoms with Crippen LogP contribution in [0.5, 0.6) is 0 Å². The van der Waals surface area contributed by atoms with Crippen LogP contribution in [0.15, 0.2) is 12.3 Å². The van der Waals surface area contributed by atoms with Crippen LogP contribution in [0.25, 0.3) is 0 Å². The predicted molar refractivity (Wildman–Crippen MR) is 83.8 cm³/mol. The Morgan fingerprint density at radius 2 is 2.33 bits per heavy atom. The number of halogens is 2. The number of anilines is 1. The summed E-state index contributed by atoms with van der Waals surface area (Å²) in [6, 6.07) is 1.55. The van der Waals surface area contributed by atoms with E-state index >= 15 is 0 Å². The molecule has 1 aliphatic heterocycles. The molecule has 7 heteroatoms. The molecular formula is C14H19Cl2N3O2. The largest absolute Gasteiger partial charge is 0.396 e. The molecule has 116 valence electrons. The molecule has 0 saturated carbocycles. The first kappa shape index (κ1) is 16.5. The first-order valence-corrected chi connectivity index (χ1v) is 7.78. The Morgan fingerprint density at radius 1 is 1.52 bits per heavy atom. The topological polar surface area (TPSA) is 65.5 Å². The third-order valence-electron chi connectivity index (χ3n) is 3.57. The summed E-state index contributed by atoms with van der Waals surface area (Å²) in [6.07, 6.45) is 4.41. The molecule has 1 amide bonds. The van der Waals surface area contributed by atoms with Gasteiger partial charge in [0.2, 0.25) is 5.91 Å². The zero-order chi connectivity index (χ0) is 15.2. The normalized spacial score (nSPS) is 19.5. The van der Waals surface area contributed by atoms with Gasteiger partial charge < -0.3 is 10.4 Å². The smallest absolute Gasteiger partial charge is 0.239 e. The van der Waals surface area contributed by atoms with Gasteiger partial charge in [-0.25, -0.2) is 4.98 Å². The number of aliphatic hydroxyl groups is 1. The van der Waals surface area contributed by atoms with Crippen LogP contribution in [0.4, 0.5) is 5.82 Å². The maximum Gasteiger partial charge on any atom is 0.239 e. The predicted octanol–water partition coefficient (Wildman–Crippen LogP) is 2.42. The summed E-state index contributed by atoms with van der Waals surface area (Å²) in [5, 5.41) is 12.5. The summed E-state index contributed by atoms with van der Waals surface area (Å²) in [4.78, 5) is 18.2. The van der Waals surface area contributed by atoms with Crippen molar-refractivity contribution in [3.63, 3.8) is 0 Å². The highest BCUT2D eigenvalue weighted by molar-refractivity contribution is 6.36. The number of carbonyl (C=O) groups is 1. The maximum atomic E-state index is 12.0. The second-order valence-electron chi connectivity index (χ2n) is 5.29. The van der Waals surface area contributed by atoms with Crippen LogP contribution in [-0.2, 0) is 4.79 Å². The Bertz CT molecular complexity index is 497. The molecule has 1 aromatic rings. The van der Waals surface area contributed by atoms with Gasteiger partial charge in [0.1, 0.15) is 0 Å². The zero-order valence-corrected chi connectivity index (χ0v) is 13.2. The molecule has 2 N–H and O–H groups in total. The van der Waals surface area contributed by atoms with E-state index in [4.69, 9.17) is 28.3 Å². The molecule has 1 unspecified atom stereocenters. The molecule has 0 bridgehead atoms. The van der Waals surface area contributed by atoms with E-state index in [9.17, 15) is 4.79 Å². The molecular weight excluding hydrogens is 313 g/mol. The lowest BCUT2D eigenvalue weighted by atomic mass is 9.95. The first-order chi connectivity index (χ1) is 10.1. The Morgan fingerprint density at radius 3 is 3.05 bits per heavy atom. The molecule has 21 heavy (non-hydrogen) atoms. The Kier molecular flexibility index (Phi) is 6.23. The molecule has 0 aliphatic carbocycles. The minimum Gasteiger partial charge on any atom is -0.396 e. The molecule has 2 rings (SSSR count). The second kappa shape index (κ2) is 7.94. The van der Waals surface area contributed by atoms with E-state index < -0.39 is 0 Å². The van der Waals surface area contributed by atoms with Crippen LogP contribution in [0.1, 0.15) is 19.3 Å². The number of hydrogen-bond acceptors (Lipinski definition) is 4. The van der Waals surface area contributed by atoms with Crippen molar-refractivity contribution >= 4 is 34.9 Å². The van der Waals surface area contributed by atoms with E-state index in [-0.39, 0.29) is 12.5 Å². The summed E-state index contributed by atoms with van der Waals surface area (Å²) in [7, 11) is 0. The van der Waals surface area contributed by atoms with Crippen molar-refractivity contribution in [1.82, 2.24) is 9.88 Å². The second-order valence-corrected chi connectivity index (χ2v) is 6.13. The van der Waals surface area contributed by atoms with E-state index in [1.165, 1.54) is 6.20 Å². The van der Waals surface area contributed by atoms with Crippen LogP contribution >= 0.6 is 23.2 Å². The van der Waals surface area contributed by atoms with E-state index in [0.717, 1.165) is 32.4 Å². The van der Waals surface area contributed by atoms with Crippen LogP contribution in [0.3, 0.4) is 0 Å². The SMILES string of the molecule is O=C(CN1CCCC(CCO)C1)Nc1ncc(Cl)cc1Cl. The van der Waals surface area contributed by atoms with Crippen LogP contribution < -0.4 is 5.32 Å². The summed E-state index contributed by atoms with van der Waals surface area (Å²) >= 11 is 11.7. The fourth-order valence-corrected chi connectivity index (χ4v) is 3.02. The number of amides is 1. The lowest BCUT2D eigenvalue weighted by Gasteiger charge is -2.31. The minimum atomic E-state index is -0.142. The summed E-state index contributed by atoms with van der Waals surface area (Å²) in [5.41, 5.74) is 0. The van der Waals surface area contributed by atoms with Gasteiger partial charge in [-0.2, -0.15) is 0 Å². The number of piperidine rings is 1. The first-order valence-electron chi connectivity index (χ1n) is 7.02. The van der Waals surface area contributed by atoms with Gasteiger partial charge in [-0.1, -0.05) is 23.2 Å². The number of nitrogens with zero attached hydrogens (tertiary/aromatic N) is 2. The number of hydrogen-bond donors (Lipinski definition) is 2. The molecule has 5 nitrogen and oxygen atoms in total. The van der Waals surface area contributed by atoms with Crippen molar-refractivity contribution in [3.8, 4) is 0 Å². The van der Waals surface area contributed by atoms with Gasteiger partial charge in [0.05, 0.1) is 16.6 Å². The Balaban J connectivity index is 1.86. The average Bonchev–Trinajstić information content (AvgIpc) is 2.43. The highest BCUT2D eigenvalue weighted by Gasteiger charge is 2.21. The highest BCUT2D eigenvalue weighted by atomic mass is 35.5.